The van der Waals surface area contributed by atoms with Gasteiger partial charge in [-0.05, 0) is 0 Å². The first-order valence-corrected chi connectivity index (χ1v) is 6.05. The van der Waals surface area contributed by atoms with Crippen molar-refractivity contribution in [3.05, 3.63) is 5.82 Å². The summed E-state index contributed by atoms with van der Waals surface area (Å²) >= 11 is 7.46. The lowest BCUT2D eigenvalue weighted by Gasteiger charge is -2.18. The molecule has 1 rings (SSSR count). The highest BCUT2D eigenvalue weighted by Gasteiger charge is 2.12. The zero-order chi connectivity index (χ0) is 11.3. The van der Waals surface area contributed by atoms with E-state index < -0.39 is 0 Å². The minimum atomic E-state index is -0.0195. The van der Waals surface area contributed by atoms with Crippen molar-refractivity contribution in [3.63, 3.8) is 0 Å². The van der Waals surface area contributed by atoms with Crippen LogP contribution in [0.25, 0.3) is 0 Å². The molecule has 0 aliphatic rings. The van der Waals surface area contributed by atoms with Crippen molar-refractivity contribution in [1.29, 1.82) is 0 Å². The van der Waals surface area contributed by atoms with E-state index in [1.54, 1.807) is 7.11 Å². The SMILES string of the molecule is CCc1nsc(N(C)CC(Cl)COC)n1. The molecule has 86 valence electrons. The molecule has 1 aromatic rings. The van der Waals surface area contributed by atoms with Crippen LogP contribution in [0, 0.1) is 0 Å². The molecule has 6 heteroatoms. The summed E-state index contributed by atoms with van der Waals surface area (Å²) in [6.07, 6.45) is 0.868. The molecule has 1 atom stereocenters. The van der Waals surface area contributed by atoms with E-state index in [2.05, 4.69) is 9.36 Å². The van der Waals surface area contributed by atoms with E-state index in [4.69, 9.17) is 16.3 Å². The molecule has 0 aliphatic carbocycles. The Kier molecular flexibility index (Phi) is 5.28. The fraction of sp³-hybridized carbons (Fsp3) is 0.778. The van der Waals surface area contributed by atoms with E-state index in [1.165, 1.54) is 11.5 Å². The normalized spacial score (nSPS) is 12.8. The number of hydrogen-bond donors (Lipinski definition) is 0. The first-order chi connectivity index (χ1) is 7.17. The van der Waals surface area contributed by atoms with Crippen LogP contribution in [-0.4, -0.2) is 42.0 Å². The van der Waals surface area contributed by atoms with Crippen molar-refractivity contribution in [3.8, 4) is 0 Å². The minimum absolute atomic E-state index is 0.0195. The van der Waals surface area contributed by atoms with Gasteiger partial charge in [-0.2, -0.15) is 4.37 Å². The maximum Gasteiger partial charge on any atom is 0.204 e. The van der Waals surface area contributed by atoms with Crippen LogP contribution < -0.4 is 4.90 Å². The molecule has 0 aromatic carbocycles. The highest BCUT2D eigenvalue weighted by Crippen LogP contribution is 2.16. The van der Waals surface area contributed by atoms with Gasteiger partial charge in [0.25, 0.3) is 0 Å². The van der Waals surface area contributed by atoms with Crippen molar-refractivity contribution in [2.24, 2.45) is 0 Å². The molecule has 0 amide bonds. The Balaban J connectivity index is 2.49. The molecule has 0 fully saturated rings. The van der Waals surface area contributed by atoms with Crippen molar-refractivity contribution in [1.82, 2.24) is 9.36 Å². The van der Waals surface area contributed by atoms with Crippen LogP contribution in [0.5, 0.6) is 0 Å². The molecule has 1 heterocycles. The number of aromatic nitrogens is 2. The Morgan fingerprint density at radius 1 is 1.60 bits per heavy atom. The van der Waals surface area contributed by atoms with Crippen LogP contribution >= 0.6 is 23.1 Å². The molecule has 0 N–H and O–H groups in total. The van der Waals surface area contributed by atoms with Crippen molar-refractivity contribution >= 4 is 28.3 Å². The van der Waals surface area contributed by atoms with Gasteiger partial charge in [0.15, 0.2) is 0 Å². The summed E-state index contributed by atoms with van der Waals surface area (Å²) in [7, 11) is 3.61. The van der Waals surface area contributed by atoms with Gasteiger partial charge >= 0.3 is 0 Å². The van der Waals surface area contributed by atoms with Crippen LogP contribution in [0.3, 0.4) is 0 Å². The van der Waals surface area contributed by atoms with Gasteiger partial charge in [0.05, 0.1) is 12.0 Å². The average molecular weight is 250 g/mol. The number of nitrogens with zero attached hydrogens (tertiary/aromatic N) is 3. The molecule has 0 radical (unpaired) electrons. The Morgan fingerprint density at radius 2 is 2.33 bits per heavy atom. The van der Waals surface area contributed by atoms with E-state index in [0.29, 0.717) is 13.2 Å². The van der Waals surface area contributed by atoms with E-state index in [-0.39, 0.29) is 5.38 Å². The Bertz CT molecular complexity index is 295. The summed E-state index contributed by atoms with van der Waals surface area (Å²) in [5.74, 6) is 0.889. The third-order valence-corrected chi connectivity index (χ3v) is 3.05. The number of halogens is 1. The fourth-order valence-electron chi connectivity index (χ4n) is 1.15. The molecule has 15 heavy (non-hydrogen) atoms. The monoisotopic (exact) mass is 249 g/mol. The Hall–Kier alpha value is -0.390. The number of anilines is 1. The molecule has 0 saturated heterocycles. The van der Waals surface area contributed by atoms with Gasteiger partial charge in [0.1, 0.15) is 5.82 Å². The smallest absolute Gasteiger partial charge is 0.204 e. The van der Waals surface area contributed by atoms with E-state index in [9.17, 15) is 0 Å². The van der Waals surface area contributed by atoms with Crippen molar-refractivity contribution in [2.45, 2.75) is 18.7 Å². The highest BCUT2D eigenvalue weighted by molar-refractivity contribution is 7.09. The first kappa shape index (κ1) is 12.7. The lowest BCUT2D eigenvalue weighted by molar-refractivity contribution is 0.199. The molecule has 0 bridgehead atoms. The topological polar surface area (TPSA) is 38.2 Å². The fourth-order valence-corrected chi connectivity index (χ4v) is 2.20. The van der Waals surface area contributed by atoms with Crippen molar-refractivity contribution < 1.29 is 4.74 Å². The third kappa shape index (κ3) is 3.93. The van der Waals surface area contributed by atoms with Gasteiger partial charge in [0, 0.05) is 38.7 Å². The van der Waals surface area contributed by atoms with E-state index in [1.807, 2.05) is 18.9 Å². The summed E-state index contributed by atoms with van der Waals surface area (Å²) in [4.78, 5) is 6.38. The molecule has 0 saturated carbocycles. The molecular formula is C9H16ClN3OS. The summed E-state index contributed by atoms with van der Waals surface area (Å²) in [5, 5.41) is 0.891. The van der Waals surface area contributed by atoms with Crippen LogP contribution in [0.15, 0.2) is 0 Å². The van der Waals surface area contributed by atoms with Gasteiger partial charge in [-0.15, -0.1) is 11.6 Å². The van der Waals surface area contributed by atoms with Gasteiger partial charge in [-0.3, -0.25) is 0 Å². The maximum atomic E-state index is 6.06. The number of methoxy groups -OCH3 is 1. The Labute approximate surface area is 99.4 Å². The number of hydrogen-bond acceptors (Lipinski definition) is 5. The first-order valence-electron chi connectivity index (χ1n) is 4.84. The van der Waals surface area contributed by atoms with Gasteiger partial charge in [-0.1, -0.05) is 6.92 Å². The van der Waals surface area contributed by atoms with Crippen LogP contribution in [0.4, 0.5) is 5.13 Å². The zero-order valence-electron chi connectivity index (χ0n) is 9.23. The lowest BCUT2D eigenvalue weighted by atomic mass is 10.4. The minimum Gasteiger partial charge on any atom is -0.383 e. The van der Waals surface area contributed by atoms with Crippen LogP contribution in [0.2, 0.25) is 0 Å². The van der Waals surface area contributed by atoms with Crippen LogP contribution in [0.1, 0.15) is 12.7 Å². The number of aryl methyl sites for hydroxylation is 1. The largest absolute Gasteiger partial charge is 0.383 e. The van der Waals surface area contributed by atoms with Crippen LogP contribution in [-0.2, 0) is 11.2 Å². The summed E-state index contributed by atoms with van der Waals surface area (Å²) < 4.78 is 9.20. The number of alkyl halides is 1. The summed E-state index contributed by atoms with van der Waals surface area (Å²) in [6.45, 7) is 3.31. The molecule has 0 aliphatic heterocycles. The predicted molar refractivity (Wildman–Crippen MR) is 64.1 cm³/mol. The van der Waals surface area contributed by atoms with Crippen molar-refractivity contribution in [2.75, 3.05) is 32.2 Å². The quantitative estimate of drug-likeness (QED) is 0.721. The molecule has 1 unspecified atom stereocenters. The molecular weight excluding hydrogens is 234 g/mol. The number of rotatable bonds is 6. The second-order valence-electron chi connectivity index (χ2n) is 3.28. The van der Waals surface area contributed by atoms with Gasteiger partial charge in [0.2, 0.25) is 5.13 Å². The maximum absolute atomic E-state index is 6.06. The van der Waals surface area contributed by atoms with E-state index in [0.717, 1.165) is 17.4 Å². The second-order valence-corrected chi connectivity index (χ2v) is 4.63. The third-order valence-electron chi connectivity index (χ3n) is 1.92. The van der Waals surface area contributed by atoms with Gasteiger partial charge in [-0.25, -0.2) is 4.98 Å². The molecule has 4 nitrogen and oxygen atoms in total. The highest BCUT2D eigenvalue weighted by atomic mass is 35.5. The zero-order valence-corrected chi connectivity index (χ0v) is 10.8. The standard InChI is InChI=1S/C9H16ClN3OS/c1-4-8-11-9(15-12-8)13(2)5-7(10)6-14-3/h7H,4-6H2,1-3H3. The lowest BCUT2D eigenvalue weighted by Crippen LogP contribution is -2.28. The number of ether oxygens (including phenoxy) is 1. The predicted octanol–water partition coefficient (Wildman–Crippen LogP) is 1.79. The molecule has 1 aromatic heterocycles. The van der Waals surface area contributed by atoms with Gasteiger partial charge < -0.3 is 9.64 Å². The second kappa shape index (κ2) is 6.25. The average Bonchev–Trinajstić information content (AvgIpc) is 2.66. The summed E-state index contributed by atoms with van der Waals surface area (Å²) in [6, 6.07) is 0. The summed E-state index contributed by atoms with van der Waals surface area (Å²) in [5.41, 5.74) is 0. The van der Waals surface area contributed by atoms with E-state index >= 15 is 0 Å². The Morgan fingerprint density at radius 3 is 2.87 bits per heavy atom. The molecule has 0 spiro atoms.